The molecule has 0 aliphatic rings. The van der Waals surface area contributed by atoms with Gasteiger partial charge in [0.2, 0.25) is 10.0 Å². The van der Waals surface area contributed by atoms with E-state index in [0.29, 0.717) is 11.1 Å². The predicted molar refractivity (Wildman–Crippen MR) is 77.5 cm³/mol. The lowest BCUT2D eigenvalue weighted by molar-refractivity contribution is 0.0697. The summed E-state index contributed by atoms with van der Waals surface area (Å²) in [5, 5.41) is 9.19. The lowest BCUT2D eigenvalue weighted by Crippen LogP contribution is -2.22. The van der Waals surface area contributed by atoms with Crippen molar-refractivity contribution in [1.82, 2.24) is 9.29 Å². The van der Waals surface area contributed by atoms with E-state index >= 15 is 0 Å². The maximum Gasteiger partial charge on any atom is 0.336 e. The van der Waals surface area contributed by atoms with Gasteiger partial charge in [0.25, 0.3) is 0 Å². The molecule has 7 heteroatoms. The number of rotatable bonds is 4. The molecule has 1 aromatic heterocycles. The summed E-state index contributed by atoms with van der Waals surface area (Å²) in [7, 11) is -0.697. The molecule has 0 aliphatic heterocycles. The van der Waals surface area contributed by atoms with Crippen LogP contribution in [0.2, 0.25) is 0 Å². The van der Waals surface area contributed by atoms with Gasteiger partial charge in [-0.05, 0) is 23.8 Å². The summed E-state index contributed by atoms with van der Waals surface area (Å²) >= 11 is 0. The maximum atomic E-state index is 12.1. The fourth-order valence-corrected chi connectivity index (χ4v) is 2.79. The normalized spacial score (nSPS) is 11.6. The molecule has 0 atom stereocenters. The first-order valence-electron chi connectivity index (χ1n) is 6.04. The molecule has 1 heterocycles. The fraction of sp³-hybridized carbons (Fsp3) is 0.143. The van der Waals surface area contributed by atoms with E-state index in [-0.39, 0.29) is 10.5 Å². The highest BCUT2D eigenvalue weighted by molar-refractivity contribution is 7.89. The molecule has 0 saturated heterocycles. The quantitative estimate of drug-likeness (QED) is 0.929. The molecule has 0 radical (unpaired) electrons. The molecule has 6 nitrogen and oxygen atoms in total. The van der Waals surface area contributed by atoms with Gasteiger partial charge in [0, 0.05) is 32.1 Å². The Morgan fingerprint density at radius 3 is 2.57 bits per heavy atom. The van der Waals surface area contributed by atoms with E-state index in [1.165, 1.54) is 44.7 Å². The van der Waals surface area contributed by atoms with Crippen molar-refractivity contribution in [1.29, 1.82) is 0 Å². The first-order chi connectivity index (χ1) is 9.84. The molecule has 1 N–H and O–H groups in total. The van der Waals surface area contributed by atoms with Crippen LogP contribution in [0, 0.1) is 0 Å². The topological polar surface area (TPSA) is 87.6 Å². The second-order valence-corrected chi connectivity index (χ2v) is 6.69. The van der Waals surface area contributed by atoms with Gasteiger partial charge in [-0.1, -0.05) is 12.1 Å². The number of carboxylic acids is 1. The second-order valence-electron chi connectivity index (χ2n) is 4.54. The molecule has 21 heavy (non-hydrogen) atoms. The van der Waals surface area contributed by atoms with E-state index in [1.807, 2.05) is 0 Å². The number of carboxylic acid groups (broad SMARTS) is 1. The lowest BCUT2D eigenvalue weighted by Gasteiger charge is -2.13. The highest BCUT2D eigenvalue weighted by atomic mass is 32.2. The van der Waals surface area contributed by atoms with Gasteiger partial charge in [-0.25, -0.2) is 17.5 Å². The largest absolute Gasteiger partial charge is 0.478 e. The molecule has 0 amide bonds. The summed E-state index contributed by atoms with van der Waals surface area (Å²) in [5.41, 5.74) is 0.939. The van der Waals surface area contributed by atoms with Crippen molar-refractivity contribution < 1.29 is 18.3 Å². The zero-order valence-corrected chi connectivity index (χ0v) is 12.3. The second kappa shape index (κ2) is 5.63. The molecule has 1 aromatic carbocycles. The van der Waals surface area contributed by atoms with Crippen molar-refractivity contribution in [2.75, 3.05) is 14.1 Å². The van der Waals surface area contributed by atoms with Crippen LogP contribution in [-0.2, 0) is 10.0 Å². The summed E-state index contributed by atoms with van der Waals surface area (Å²) < 4.78 is 25.4. The molecule has 0 spiro atoms. The van der Waals surface area contributed by atoms with Gasteiger partial charge < -0.3 is 5.11 Å². The number of carbonyl (C=O) groups is 1. The van der Waals surface area contributed by atoms with Crippen LogP contribution >= 0.6 is 0 Å². The predicted octanol–water partition coefficient (Wildman–Crippen LogP) is 1.70. The fourth-order valence-electron chi connectivity index (χ4n) is 1.85. The number of aromatic nitrogens is 1. The number of sulfonamides is 1. The molecule has 2 rings (SSSR count). The number of pyridine rings is 1. The molecule has 0 bridgehead atoms. The Labute approximate surface area is 122 Å². The van der Waals surface area contributed by atoms with Gasteiger partial charge in [0.05, 0.1) is 10.5 Å². The number of hydrogen-bond donors (Lipinski definition) is 1. The van der Waals surface area contributed by atoms with Crippen molar-refractivity contribution in [3.05, 3.63) is 48.3 Å². The molecule has 2 aromatic rings. The SMILES string of the molecule is CN(C)S(=O)(=O)c1cccc(-c2cnccc2C(=O)O)c1. The molecule has 0 aliphatic carbocycles. The van der Waals surface area contributed by atoms with E-state index in [2.05, 4.69) is 4.98 Å². The number of aromatic carboxylic acids is 1. The van der Waals surface area contributed by atoms with Gasteiger partial charge in [-0.15, -0.1) is 0 Å². The van der Waals surface area contributed by atoms with E-state index < -0.39 is 16.0 Å². The highest BCUT2D eigenvalue weighted by Gasteiger charge is 2.19. The van der Waals surface area contributed by atoms with Gasteiger partial charge >= 0.3 is 5.97 Å². The van der Waals surface area contributed by atoms with E-state index in [1.54, 1.807) is 12.1 Å². The van der Waals surface area contributed by atoms with Gasteiger partial charge in [-0.3, -0.25) is 4.98 Å². The summed E-state index contributed by atoms with van der Waals surface area (Å²) in [6, 6.07) is 7.52. The van der Waals surface area contributed by atoms with E-state index in [9.17, 15) is 18.3 Å². The zero-order valence-electron chi connectivity index (χ0n) is 11.5. The third kappa shape index (κ3) is 2.93. The minimum Gasteiger partial charge on any atom is -0.478 e. The Morgan fingerprint density at radius 1 is 1.24 bits per heavy atom. The van der Waals surface area contributed by atoms with E-state index in [4.69, 9.17) is 0 Å². The van der Waals surface area contributed by atoms with Crippen molar-refractivity contribution in [2.24, 2.45) is 0 Å². The maximum absolute atomic E-state index is 12.1. The zero-order chi connectivity index (χ0) is 15.6. The lowest BCUT2D eigenvalue weighted by atomic mass is 10.0. The summed E-state index contributed by atoms with van der Waals surface area (Å²) in [5.74, 6) is -1.09. The number of nitrogens with zero attached hydrogens (tertiary/aromatic N) is 2. The Hall–Kier alpha value is -2.25. The number of benzene rings is 1. The van der Waals surface area contributed by atoms with Crippen LogP contribution in [0.5, 0.6) is 0 Å². The summed E-state index contributed by atoms with van der Waals surface area (Å²) in [4.78, 5) is 15.2. The van der Waals surface area contributed by atoms with Crippen LogP contribution in [0.25, 0.3) is 11.1 Å². The van der Waals surface area contributed by atoms with Gasteiger partial charge in [0.15, 0.2) is 0 Å². The monoisotopic (exact) mass is 306 g/mol. The average Bonchev–Trinajstić information content (AvgIpc) is 2.47. The molecule has 0 saturated carbocycles. The molecule has 0 fully saturated rings. The van der Waals surface area contributed by atoms with Crippen molar-refractivity contribution in [3.63, 3.8) is 0 Å². The smallest absolute Gasteiger partial charge is 0.336 e. The third-order valence-electron chi connectivity index (χ3n) is 2.98. The summed E-state index contributed by atoms with van der Waals surface area (Å²) in [6.45, 7) is 0. The molecule has 110 valence electrons. The molecular weight excluding hydrogens is 292 g/mol. The van der Waals surface area contributed by atoms with Crippen molar-refractivity contribution >= 4 is 16.0 Å². The molecule has 0 unspecified atom stereocenters. The van der Waals surface area contributed by atoms with Crippen molar-refractivity contribution in [3.8, 4) is 11.1 Å². The van der Waals surface area contributed by atoms with Crippen LogP contribution in [-0.4, -0.2) is 42.9 Å². The van der Waals surface area contributed by atoms with Crippen LogP contribution in [0.3, 0.4) is 0 Å². The van der Waals surface area contributed by atoms with E-state index in [0.717, 1.165) is 4.31 Å². The Morgan fingerprint density at radius 2 is 1.95 bits per heavy atom. The summed E-state index contributed by atoms with van der Waals surface area (Å²) in [6.07, 6.45) is 2.79. The standard InChI is InChI=1S/C14H14N2O4S/c1-16(2)21(19,20)11-5-3-4-10(8-11)13-9-15-7-6-12(13)14(17)18/h3-9H,1-2H3,(H,17,18). The number of hydrogen-bond acceptors (Lipinski definition) is 4. The Balaban J connectivity index is 2.61. The first-order valence-corrected chi connectivity index (χ1v) is 7.48. The van der Waals surface area contributed by atoms with Crippen LogP contribution in [0.15, 0.2) is 47.6 Å². The van der Waals surface area contributed by atoms with Crippen LogP contribution < -0.4 is 0 Å². The van der Waals surface area contributed by atoms with Gasteiger partial charge in [0.1, 0.15) is 0 Å². The van der Waals surface area contributed by atoms with Gasteiger partial charge in [-0.2, -0.15) is 0 Å². The highest BCUT2D eigenvalue weighted by Crippen LogP contribution is 2.26. The van der Waals surface area contributed by atoms with Crippen molar-refractivity contribution in [2.45, 2.75) is 4.90 Å². The molecular formula is C14H14N2O4S. The third-order valence-corrected chi connectivity index (χ3v) is 4.79. The minimum atomic E-state index is -3.57. The Kier molecular flexibility index (Phi) is 4.06. The minimum absolute atomic E-state index is 0.0735. The first kappa shape index (κ1) is 15.1. The Bertz CT molecular complexity index is 785. The average molecular weight is 306 g/mol. The van der Waals surface area contributed by atoms with Crippen LogP contribution in [0.4, 0.5) is 0 Å². The van der Waals surface area contributed by atoms with Crippen LogP contribution in [0.1, 0.15) is 10.4 Å².